The minimum absolute atomic E-state index is 0.0323. The van der Waals surface area contributed by atoms with Crippen LogP contribution in [0.15, 0.2) is 11.6 Å². The van der Waals surface area contributed by atoms with Crippen molar-refractivity contribution in [1.82, 2.24) is 0 Å². The normalized spacial score (nSPS) is 50.7. The van der Waals surface area contributed by atoms with Gasteiger partial charge in [0.25, 0.3) is 0 Å². The number of hydrogen-bond acceptors (Lipinski definition) is 10. The van der Waals surface area contributed by atoms with Crippen LogP contribution in [0.3, 0.4) is 0 Å². The van der Waals surface area contributed by atoms with Crippen molar-refractivity contribution in [2.24, 2.45) is 28.6 Å². The predicted octanol–water partition coefficient (Wildman–Crippen LogP) is 0.215. The fourth-order valence-corrected chi connectivity index (χ4v) is 7.68. The first kappa shape index (κ1) is 23.7. The van der Waals surface area contributed by atoms with Gasteiger partial charge in [0.05, 0.1) is 6.61 Å². The van der Waals surface area contributed by atoms with Crippen LogP contribution in [-0.2, 0) is 33.3 Å². The van der Waals surface area contributed by atoms with E-state index in [9.17, 15) is 29.7 Å². The molecule has 0 amide bonds. The third-order valence-electron chi connectivity index (χ3n) is 9.27. The highest BCUT2D eigenvalue weighted by molar-refractivity contribution is 5.86. The molecule has 34 heavy (non-hydrogen) atoms. The van der Waals surface area contributed by atoms with Crippen molar-refractivity contribution < 1.29 is 48.7 Å². The number of rotatable bonds is 4. The van der Waals surface area contributed by atoms with Crippen LogP contribution >= 0.6 is 0 Å². The van der Waals surface area contributed by atoms with Crippen LogP contribution in [0.2, 0.25) is 0 Å². The molecule has 3 heterocycles. The Kier molecular flexibility index (Phi) is 4.90. The lowest BCUT2D eigenvalue weighted by Gasteiger charge is -2.57. The van der Waals surface area contributed by atoms with E-state index in [0.29, 0.717) is 5.57 Å². The Morgan fingerprint density at radius 3 is 2.59 bits per heavy atom. The van der Waals surface area contributed by atoms with E-state index in [2.05, 4.69) is 0 Å². The Balaban J connectivity index is 1.63. The summed E-state index contributed by atoms with van der Waals surface area (Å²) in [5, 5.41) is 33.4. The lowest BCUT2D eigenvalue weighted by atomic mass is 9.50. The Morgan fingerprint density at radius 1 is 1.32 bits per heavy atom. The van der Waals surface area contributed by atoms with Gasteiger partial charge in [0.15, 0.2) is 11.4 Å². The Morgan fingerprint density at radius 2 is 2.00 bits per heavy atom. The van der Waals surface area contributed by atoms with Crippen LogP contribution in [0.4, 0.5) is 0 Å². The summed E-state index contributed by atoms with van der Waals surface area (Å²) in [6, 6.07) is 0. The molecule has 10 heteroatoms. The fraction of sp³-hybridized carbons (Fsp3) is 0.792. The molecule has 11 atom stereocenters. The van der Waals surface area contributed by atoms with Gasteiger partial charge in [-0.25, -0.2) is 14.4 Å². The molecule has 2 bridgehead atoms. The van der Waals surface area contributed by atoms with Crippen molar-refractivity contribution >= 4 is 17.9 Å². The average molecular weight is 481 g/mol. The summed E-state index contributed by atoms with van der Waals surface area (Å²) in [5.74, 6) is -6.43. The molecule has 0 aromatic rings. The SMILES string of the molecule is CC[C@](C)(O)C(=O)O[C@H]1C(=O)O[C@@H]2C[C@](C)([C@H]3OC(=O)C=C3C)[C@H]3[C@@]4(O)OC[C@@]23C1[C@@H](C)[C@H]4O. The second-order valence-corrected chi connectivity index (χ2v) is 11.2. The molecule has 1 unspecified atom stereocenters. The molecule has 2 saturated heterocycles. The van der Waals surface area contributed by atoms with Crippen LogP contribution in [0, 0.1) is 28.6 Å². The molecule has 1 spiro atoms. The number of aliphatic hydroxyl groups excluding tert-OH is 1. The van der Waals surface area contributed by atoms with E-state index < -0.39 is 82.3 Å². The van der Waals surface area contributed by atoms with Gasteiger partial charge in [0.2, 0.25) is 6.10 Å². The number of carbonyl (C=O) groups is 3. The number of esters is 3. The predicted molar refractivity (Wildman–Crippen MR) is 113 cm³/mol. The maximum atomic E-state index is 13.2. The standard InChI is InChI=1S/C24H32O10/c1-6-22(5,29)20(28)34-15-14-11(3)16(26)24(30)19-21(4,17-10(2)7-13(25)33-17)8-12(32-18(15)27)23(14,19)9-31-24/h7,11-12,14-17,19,26,29-30H,6,8-9H2,1-5H3/t11-,12-,14?,15-,16-,17+,19-,21-,22+,23+,24+/m1/s1. The smallest absolute Gasteiger partial charge is 0.348 e. The van der Waals surface area contributed by atoms with Crippen molar-refractivity contribution in [3.63, 3.8) is 0 Å². The van der Waals surface area contributed by atoms with Crippen molar-refractivity contribution in [2.75, 3.05) is 6.61 Å². The summed E-state index contributed by atoms with van der Waals surface area (Å²) in [6.45, 7) is 8.17. The van der Waals surface area contributed by atoms with E-state index in [1.807, 2.05) is 6.92 Å². The van der Waals surface area contributed by atoms with Gasteiger partial charge in [0, 0.05) is 28.7 Å². The Bertz CT molecular complexity index is 988. The minimum atomic E-state index is -1.97. The van der Waals surface area contributed by atoms with Crippen molar-refractivity contribution in [2.45, 2.75) is 83.3 Å². The maximum Gasteiger partial charge on any atom is 0.348 e. The van der Waals surface area contributed by atoms with Crippen molar-refractivity contribution in [3.05, 3.63) is 11.6 Å². The molecule has 10 nitrogen and oxygen atoms in total. The highest BCUT2D eigenvalue weighted by atomic mass is 16.7. The van der Waals surface area contributed by atoms with E-state index in [1.54, 1.807) is 20.8 Å². The van der Waals surface area contributed by atoms with Gasteiger partial charge >= 0.3 is 17.9 Å². The number of carbonyl (C=O) groups excluding carboxylic acids is 3. The molecule has 3 N–H and O–H groups in total. The summed E-state index contributed by atoms with van der Waals surface area (Å²) in [5.41, 5.74) is -3.06. The third kappa shape index (κ3) is 2.68. The summed E-state index contributed by atoms with van der Waals surface area (Å²) in [4.78, 5) is 38.0. The molecular formula is C24H32O10. The van der Waals surface area contributed by atoms with Gasteiger partial charge in [0.1, 0.15) is 18.3 Å². The zero-order valence-electron chi connectivity index (χ0n) is 19.9. The minimum Gasteiger partial charge on any atom is -0.459 e. The molecule has 5 rings (SSSR count). The van der Waals surface area contributed by atoms with E-state index in [1.165, 1.54) is 13.0 Å². The van der Waals surface area contributed by atoms with Crippen LogP contribution in [0.1, 0.15) is 47.5 Å². The molecule has 5 aliphatic rings. The quantitative estimate of drug-likeness (QED) is 0.377. The van der Waals surface area contributed by atoms with Gasteiger partial charge in [-0.2, -0.15) is 0 Å². The van der Waals surface area contributed by atoms with Crippen LogP contribution < -0.4 is 0 Å². The van der Waals surface area contributed by atoms with Crippen LogP contribution in [0.5, 0.6) is 0 Å². The van der Waals surface area contributed by atoms with Gasteiger partial charge in [-0.15, -0.1) is 0 Å². The second-order valence-electron chi connectivity index (χ2n) is 11.2. The first-order valence-corrected chi connectivity index (χ1v) is 11.8. The Labute approximate surface area is 197 Å². The average Bonchev–Trinajstić information content (AvgIpc) is 3.35. The highest BCUT2D eigenvalue weighted by Crippen LogP contribution is 2.74. The number of hydrogen-bond donors (Lipinski definition) is 3. The molecule has 0 aromatic carbocycles. The Hall–Kier alpha value is -2.01. The maximum absolute atomic E-state index is 13.2. The lowest BCUT2D eigenvalue weighted by Crippen LogP contribution is -2.70. The number of ether oxygens (including phenoxy) is 4. The van der Waals surface area contributed by atoms with E-state index in [-0.39, 0.29) is 19.4 Å². The monoisotopic (exact) mass is 480 g/mol. The number of cyclic esters (lactones) is 1. The van der Waals surface area contributed by atoms with Crippen molar-refractivity contribution in [3.8, 4) is 0 Å². The summed E-state index contributed by atoms with van der Waals surface area (Å²) >= 11 is 0. The zero-order chi connectivity index (χ0) is 25.0. The fourth-order valence-electron chi connectivity index (χ4n) is 7.68. The third-order valence-corrected chi connectivity index (χ3v) is 9.27. The molecule has 0 radical (unpaired) electrons. The first-order chi connectivity index (χ1) is 15.7. The molecule has 2 saturated carbocycles. The topological polar surface area (TPSA) is 149 Å². The van der Waals surface area contributed by atoms with Crippen LogP contribution in [0.25, 0.3) is 0 Å². The lowest BCUT2D eigenvalue weighted by molar-refractivity contribution is -0.305. The molecule has 188 valence electrons. The van der Waals surface area contributed by atoms with Crippen LogP contribution in [-0.4, -0.2) is 75.6 Å². The van der Waals surface area contributed by atoms with E-state index in [0.717, 1.165) is 0 Å². The zero-order valence-corrected chi connectivity index (χ0v) is 19.9. The molecule has 4 fully saturated rings. The summed E-state index contributed by atoms with van der Waals surface area (Å²) in [6.07, 6.45) is -2.49. The first-order valence-electron chi connectivity index (χ1n) is 11.8. The van der Waals surface area contributed by atoms with Gasteiger partial charge in [-0.05, 0) is 38.2 Å². The molecule has 3 aliphatic heterocycles. The summed E-state index contributed by atoms with van der Waals surface area (Å²) < 4.78 is 22.9. The van der Waals surface area contributed by atoms with Crippen molar-refractivity contribution in [1.29, 1.82) is 0 Å². The number of aliphatic hydroxyl groups is 3. The summed E-state index contributed by atoms with van der Waals surface area (Å²) in [7, 11) is 0. The molecule has 0 aromatic heterocycles. The van der Waals surface area contributed by atoms with Gasteiger partial charge < -0.3 is 34.3 Å². The second kappa shape index (κ2) is 7.02. The molecular weight excluding hydrogens is 448 g/mol. The van der Waals surface area contributed by atoms with Gasteiger partial charge in [-0.1, -0.05) is 20.8 Å². The van der Waals surface area contributed by atoms with E-state index >= 15 is 0 Å². The largest absolute Gasteiger partial charge is 0.459 e. The molecule has 2 aliphatic carbocycles. The highest BCUT2D eigenvalue weighted by Gasteiger charge is 2.84. The van der Waals surface area contributed by atoms with Gasteiger partial charge in [-0.3, -0.25) is 0 Å². The van der Waals surface area contributed by atoms with E-state index in [4.69, 9.17) is 18.9 Å².